The average molecular weight is 326 g/mol. The van der Waals surface area contributed by atoms with E-state index >= 15 is 0 Å². The smallest absolute Gasteiger partial charge is 0.222 e. The Hall–Kier alpha value is -2.21. The Balaban J connectivity index is 1.49. The summed E-state index contributed by atoms with van der Waals surface area (Å²) in [6.45, 7) is 3.78. The summed E-state index contributed by atoms with van der Waals surface area (Å²) in [6.07, 6.45) is 4.69. The van der Waals surface area contributed by atoms with Crippen LogP contribution in [0.2, 0.25) is 0 Å². The minimum Gasteiger partial charge on any atom is -0.381 e. The number of ether oxygens (including phenoxy) is 1. The van der Waals surface area contributed by atoms with Gasteiger partial charge in [-0.25, -0.2) is 4.68 Å². The normalized spacial score (nSPS) is 20.9. The first-order chi connectivity index (χ1) is 11.8. The molecule has 0 aliphatic carbocycles. The average Bonchev–Trinajstić information content (AvgIpc) is 3.32. The van der Waals surface area contributed by atoms with E-state index in [-0.39, 0.29) is 5.91 Å². The maximum Gasteiger partial charge on any atom is 0.222 e. The molecule has 0 saturated carbocycles. The number of nitrogens with zero attached hydrogens (tertiary/aromatic N) is 4. The van der Waals surface area contributed by atoms with E-state index in [1.165, 1.54) is 11.1 Å². The highest BCUT2D eigenvalue weighted by atomic mass is 16.5. The molecule has 6 nitrogen and oxygen atoms in total. The van der Waals surface area contributed by atoms with Crippen molar-refractivity contribution in [1.82, 2.24) is 19.9 Å². The van der Waals surface area contributed by atoms with Crippen molar-refractivity contribution in [3.05, 3.63) is 47.3 Å². The van der Waals surface area contributed by atoms with Gasteiger partial charge in [-0.2, -0.15) is 0 Å². The molecule has 0 unspecified atom stereocenters. The lowest BCUT2D eigenvalue weighted by atomic mass is 10.1. The van der Waals surface area contributed by atoms with Gasteiger partial charge in [-0.15, -0.1) is 5.10 Å². The molecule has 1 aromatic carbocycles. The molecule has 24 heavy (non-hydrogen) atoms. The minimum atomic E-state index is 0.258. The first-order valence-corrected chi connectivity index (χ1v) is 8.62. The van der Waals surface area contributed by atoms with Gasteiger partial charge in [-0.1, -0.05) is 29.5 Å². The van der Waals surface area contributed by atoms with Crippen LogP contribution in [0.4, 0.5) is 0 Å². The molecule has 2 saturated heterocycles. The van der Waals surface area contributed by atoms with E-state index < -0.39 is 0 Å². The molecule has 126 valence electrons. The Bertz CT molecular complexity index is 721. The van der Waals surface area contributed by atoms with Crippen molar-refractivity contribution >= 4 is 5.91 Å². The standard InChI is InChI=1S/C18H22N4O2/c23-18-6-3-8-21(18)10-14-4-1-2-5-15(14)11-22-12-17(19-20-22)16-7-9-24-13-16/h1-2,4-5,12,16H,3,6-11,13H2/t16-/m1/s1. The van der Waals surface area contributed by atoms with Crippen LogP contribution in [0.25, 0.3) is 0 Å². The molecule has 0 radical (unpaired) electrons. The fourth-order valence-corrected chi connectivity index (χ4v) is 3.46. The van der Waals surface area contributed by atoms with Crippen molar-refractivity contribution in [2.24, 2.45) is 0 Å². The summed E-state index contributed by atoms with van der Waals surface area (Å²) in [5.41, 5.74) is 3.39. The van der Waals surface area contributed by atoms with Gasteiger partial charge in [-0.05, 0) is 24.0 Å². The lowest BCUT2D eigenvalue weighted by molar-refractivity contribution is -0.128. The SMILES string of the molecule is O=C1CCCN1Cc1ccccc1Cn1cc([C@@H]2CCOC2)nn1. The van der Waals surface area contributed by atoms with Crippen molar-refractivity contribution < 1.29 is 9.53 Å². The number of rotatable bonds is 5. The number of benzene rings is 1. The van der Waals surface area contributed by atoms with Gasteiger partial charge in [0.05, 0.1) is 18.8 Å². The number of amides is 1. The number of likely N-dealkylation sites (tertiary alicyclic amines) is 1. The first kappa shape index (κ1) is 15.3. The van der Waals surface area contributed by atoms with Crippen LogP contribution in [0, 0.1) is 0 Å². The van der Waals surface area contributed by atoms with E-state index in [9.17, 15) is 4.79 Å². The van der Waals surface area contributed by atoms with Crippen LogP contribution in [0.5, 0.6) is 0 Å². The number of carbonyl (C=O) groups is 1. The van der Waals surface area contributed by atoms with Gasteiger partial charge in [0.25, 0.3) is 0 Å². The van der Waals surface area contributed by atoms with Crippen LogP contribution in [0.15, 0.2) is 30.5 Å². The molecular formula is C18H22N4O2. The molecule has 2 aliphatic heterocycles. The maximum atomic E-state index is 11.9. The molecular weight excluding hydrogens is 304 g/mol. The molecule has 1 atom stereocenters. The molecule has 4 rings (SSSR count). The van der Waals surface area contributed by atoms with Crippen molar-refractivity contribution in [2.45, 2.75) is 38.3 Å². The monoisotopic (exact) mass is 326 g/mol. The summed E-state index contributed by atoms with van der Waals surface area (Å²) >= 11 is 0. The van der Waals surface area contributed by atoms with Gasteiger partial charge in [0.15, 0.2) is 0 Å². The van der Waals surface area contributed by atoms with E-state index in [1.54, 1.807) is 0 Å². The maximum absolute atomic E-state index is 11.9. The quantitative estimate of drug-likeness (QED) is 0.843. The van der Waals surface area contributed by atoms with Crippen LogP contribution in [0.3, 0.4) is 0 Å². The third kappa shape index (κ3) is 3.19. The Kier molecular flexibility index (Phi) is 4.30. The van der Waals surface area contributed by atoms with Gasteiger partial charge >= 0.3 is 0 Å². The lowest BCUT2D eigenvalue weighted by Crippen LogP contribution is -2.24. The largest absolute Gasteiger partial charge is 0.381 e. The fraction of sp³-hybridized carbons (Fsp3) is 0.500. The molecule has 2 fully saturated rings. The predicted octanol–water partition coefficient (Wildman–Crippen LogP) is 1.95. The van der Waals surface area contributed by atoms with E-state index in [0.29, 0.717) is 25.4 Å². The molecule has 1 amide bonds. The Morgan fingerprint density at radius 3 is 2.75 bits per heavy atom. The van der Waals surface area contributed by atoms with Gasteiger partial charge in [-0.3, -0.25) is 4.79 Å². The topological polar surface area (TPSA) is 60.2 Å². The summed E-state index contributed by atoms with van der Waals surface area (Å²) in [4.78, 5) is 13.8. The van der Waals surface area contributed by atoms with E-state index in [1.807, 2.05) is 27.9 Å². The van der Waals surface area contributed by atoms with E-state index in [2.05, 4.69) is 22.4 Å². The second-order valence-electron chi connectivity index (χ2n) is 6.59. The van der Waals surface area contributed by atoms with Gasteiger partial charge < -0.3 is 9.64 Å². The second kappa shape index (κ2) is 6.73. The van der Waals surface area contributed by atoms with Crippen LogP contribution in [-0.4, -0.2) is 45.6 Å². The molecule has 3 heterocycles. The summed E-state index contributed by atoms with van der Waals surface area (Å²) < 4.78 is 7.32. The van der Waals surface area contributed by atoms with E-state index in [0.717, 1.165) is 38.3 Å². The zero-order valence-electron chi connectivity index (χ0n) is 13.7. The summed E-state index contributed by atoms with van der Waals surface area (Å²) in [7, 11) is 0. The molecule has 0 spiro atoms. The molecule has 2 aliphatic rings. The number of carbonyl (C=O) groups excluding carboxylic acids is 1. The van der Waals surface area contributed by atoms with Crippen LogP contribution in [-0.2, 0) is 22.6 Å². The van der Waals surface area contributed by atoms with E-state index in [4.69, 9.17) is 4.74 Å². The third-order valence-electron chi connectivity index (χ3n) is 4.89. The van der Waals surface area contributed by atoms with Crippen molar-refractivity contribution in [3.8, 4) is 0 Å². The van der Waals surface area contributed by atoms with Gasteiger partial charge in [0.2, 0.25) is 5.91 Å². The fourth-order valence-electron chi connectivity index (χ4n) is 3.46. The zero-order valence-corrected chi connectivity index (χ0v) is 13.7. The Morgan fingerprint density at radius 2 is 2.04 bits per heavy atom. The molecule has 2 aromatic rings. The summed E-state index contributed by atoms with van der Waals surface area (Å²) in [6, 6.07) is 8.27. The Morgan fingerprint density at radius 1 is 1.21 bits per heavy atom. The molecule has 0 N–H and O–H groups in total. The highest BCUT2D eigenvalue weighted by molar-refractivity contribution is 5.78. The summed E-state index contributed by atoms with van der Waals surface area (Å²) in [5, 5.41) is 8.58. The molecule has 0 bridgehead atoms. The van der Waals surface area contributed by atoms with Crippen molar-refractivity contribution in [1.29, 1.82) is 0 Å². The van der Waals surface area contributed by atoms with Crippen LogP contribution in [0.1, 0.15) is 42.0 Å². The first-order valence-electron chi connectivity index (χ1n) is 8.62. The number of hydrogen-bond donors (Lipinski definition) is 0. The Labute approximate surface area is 141 Å². The van der Waals surface area contributed by atoms with Crippen LogP contribution < -0.4 is 0 Å². The summed E-state index contributed by atoms with van der Waals surface area (Å²) in [5.74, 6) is 0.630. The van der Waals surface area contributed by atoms with Crippen molar-refractivity contribution in [3.63, 3.8) is 0 Å². The molecule has 1 aromatic heterocycles. The molecule has 6 heteroatoms. The third-order valence-corrected chi connectivity index (χ3v) is 4.89. The lowest BCUT2D eigenvalue weighted by Gasteiger charge is -2.18. The van der Waals surface area contributed by atoms with Crippen LogP contribution >= 0.6 is 0 Å². The van der Waals surface area contributed by atoms with Gasteiger partial charge in [0.1, 0.15) is 0 Å². The highest BCUT2D eigenvalue weighted by Crippen LogP contribution is 2.23. The number of hydrogen-bond acceptors (Lipinski definition) is 4. The predicted molar refractivity (Wildman–Crippen MR) is 88.4 cm³/mol. The zero-order chi connectivity index (χ0) is 16.4. The minimum absolute atomic E-state index is 0.258. The van der Waals surface area contributed by atoms with Crippen molar-refractivity contribution in [2.75, 3.05) is 19.8 Å². The van der Waals surface area contributed by atoms with Gasteiger partial charge in [0, 0.05) is 38.2 Å². The number of aromatic nitrogens is 3. The second-order valence-corrected chi connectivity index (χ2v) is 6.59. The highest BCUT2D eigenvalue weighted by Gasteiger charge is 2.22.